The topological polar surface area (TPSA) is 97.5 Å². The molecule has 1 aromatic rings. The van der Waals surface area contributed by atoms with Crippen LogP contribution >= 0.6 is 0 Å². The molecule has 0 bridgehead atoms. The number of anilines is 2. The Morgan fingerprint density at radius 1 is 1.33 bits per heavy atom. The maximum atomic E-state index is 12.1. The number of hydrogen-bond acceptors (Lipinski definition) is 7. The van der Waals surface area contributed by atoms with Crippen LogP contribution in [0, 0.1) is 0 Å². The highest BCUT2D eigenvalue weighted by Gasteiger charge is 2.20. The Hall–Kier alpha value is -2.12. The van der Waals surface area contributed by atoms with Crippen molar-refractivity contribution in [3.8, 4) is 6.01 Å². The normalized spacial score (nSPS) is 14.6. The Balaban J connectivity index is 2.05. The second kappa shape index (κ2) is 6.55. The molecule has 1 aliphatic rings. The molecule has 1 amide bonds. The molecule has 1 aromatic heterocycles. The molecule has 0 radical (unpaired) electrons. The van der Waals surface area contributed by atoms with Crippen molar-refractivity contribution in [1.29, 1.82) is 0 Å². The van der Waals surface area contributed by atoms with Gasteiger partial charge in [0.2, 0.25) is 17.8 Å². The minimum absolute atomic E-state index is 0.0591. The van der Waals surface area contributed by atoms with Crippen molar-refractivity contribution in [2.45, 2.75) is 32.8 Å². The first-order valence-electron chi connectivity index (χ1n) is 7.13. The molecule has 1 aliphatic heterocycles. The van der Waals surface area contributed by atoms with E-state index in [1.54, 1.807) is 11.9 Å². The maximum absolute atomic E-state index is 12.1. The van der Waals surface area contributed by atoms with Crippen LogP contribution in [0.5, 0.6) is 6.01 Å². The van der Waals surface area contributed by atoms with E-state index in [1.165, 1.54) is 0 Å². The minimum Gasteiger partial charge on any atom is -0.461 e. The summed E-state index contributed by atoms with van der Waals surface area (Å²) in [4.78, 5) is 27.8. The molecule has 0 unspecified atom stereocenters. The molecule has 0 saturated carbocycles. The molecule has 116 valence electrons. The van der Waals surface area contributed by atoms with Crippen LogP contribution in [0.4, 0.5) is 11.9 Å². The molecule has 0 spiro atoms. The number of aromatic nitrogens is 3. The average Bonchev–Trinajstić information content (AvgIpc) is 2.90. The molecular formula is C13H22N6O2. The molecular weight excluding hydrogens is 272 g/mol. The molecule has 2 N–H and O–H groups in total. The van der Waals surface area contributed by atoms with Crippen molar-refractivity contribution >= 4 is 17.8 Å². The summed E-state index contributed by atoms with van der Waals surface area (Å²) in [6, 6.07) is 0.174. The lowest BCUT2D eigenvalue weighted by Crippen LogP contribution is -2.38. The van der Waals surface area contributed by atoms with E-state index >= 15 is 0 Å². The average molecular weight is 294 g/mol. The molecule has 0 aromatic carbocycles. The van der Waals surface area contributed by atoms with Gasteiger partial charge in [-0.15, -0.1) is 0 Å². The van der Waals surface area contributed by atoms with Gasteiger partial charge in [-0.3, -0.25) is 4.79 Å². The van der Waals surface area contributed by atoms with Gasteiger partial charge in [0.1, 0.15) is 0 Å². The van der Waals surface area contributed by atoms with Gasteiger partial charge in [0.05, 0.1) is 12.6 Å². The summed E-state index contributed by atoms with van der Waals surface area (Å²) in [6.07, 6.45) is 2.08. The van der Waals surface area contributed by atoms with E-state index in [1.807, 2.05) is 18.7 Å². The lowest BCUT2D eigenvalue weighted by Gasteiger charge is -2.21. The van der Waals surface area contributed by atoms with Gasteiger partial charge in [-0.25, -0.2) is 0 Å². The Bertz CT molecular complexity index is 501. The van der Waals surface area contributed by atoms with Gasteiger partial charge in [0.15, 0.2) is 0 Å². The molecule has 0 aliphatic carbocycles. The monoisotopic (exact) mass is 294 g/mol. The van der Waals surface area contributed by atoms with E-state index in [9.17, 15) is 4.79 Å². The van der Waals surface area contributed by atoms with E-state index in [-0.39, 0.29) is 30.5 Å². The molecule has 8 heteroatoms. The van der Waals surface area contributed by atoms with Gasteiger partial charge < -0.3 is 20.3 Å². The standard InChI is InChI=1S/C13H22N6O2/c1-9(2)21-13-16-11(14)15-12(17-13)18(3)8-10(20)19-6-4-5-7-19/h9H,4-8H2,1-3H3,(H2,14,15,16,17). The zero-order chi connectivity index (χ0) is 15.4. The number of rotatable bonds is 5. The predicted molar refractivity (Wildman–Crippen MR) is 79.1 cm³/mol. The number of hydrogen-bond donors (Lipinski definition) is 1. The van der Waals surface area contributed by atoms with E-state index in [0.717, 1.165) is 25.9 Å². The first-order chi connectivity index (χ1) is 9.95. The third kappa shape index (κ3) is 4.17. The predicted octanol–water partition coefficient (Wildman–Crippen LogP) is 0.300. The molecule has 8 nitrogen and oxygen atoms in total. The summed E-state index contributed by atoms with van der Waals surface area (Å²) in [6.45, 7) is 5.62. The van der Waals surface area contributed by atoms with Crippen LogP contribution < -0.4 is 15.4 Å². The lowest BCUT2D eigenvalue weighted by atomic mass is 10.4. The second-order valence-electron chi connectivity index (χ2n) is 5.39. The van der Waals surface area contributed by atoms with Gasteiger partial charge in [-0.05, 0) is 26.7 Å². The summed E-state index contributed by atoms with van der Waals surface area (Å²) in [7, 11) is 1.75. The first kappa shape index (κ1) is 15.3. The van der Waals surface area contributed by atoms with Crippen LogP contribution in [0.2, 0.25) is 0 Å². The lowest BCUT2D eigenvalue weighted by molar-refractivity contribution is -0.128. The summed E-state index contributed by atoms with van der Waals surface area (Å²) in [5.41, 5.74) is 5.66. The fraction of sp³-hybridized carbons (Fsp3) is 0.692. The van der Waals surface area contributed by atoms with E-state index in [0.29, 0.717) is 5.95 Å². The molecule has 21 heavy (non-hydrogen) atoms. The first-order valence-corrected chi connectivity index (χ1v) is 7.13. The van der Waals surface area contributed by atoms with Gasteiger partial charge in [0.25, 0.3) is 0 Å². The number of carbonyl (C=O) groups excluding carboxylic acids is 1. The number of nitrogens with two attached hydrogens (primary N) is 1. The van der Waals surface area contributed by atoms with Crippen LogP contribution in [0.3, 0.4) is 0 Å². The van der Waals surface area contributed by atoms with Crippen molar-refractivity contribution in [1.82, 2.24) is 19.9 Å². The Labute approximate surface area is 124 Å². The van der Waals surface area contributed by atoms with Crippen LogP contribution in [0.25, 0.3) is 0 Å². The fourth-order valence-electron chi connectivity index (χ4n) is 2.14. The molecule has 1 fully saturated rings. The number of nitrogens with zero attached hydrogens (tertiary/aromatic N) is 5. The summed E-state index contributed by atoms with van der Waals surface area (Å²) in [5.74, 6) is 0.488. The van der Waals surface area contributed by atoms with Crippen molar-refractivity contribution in [2.75, 3.05) is 37.3 Å². The Morgan fingerprint density at radius 3 is 2.62 bits per heavy atom. The second-order valence-corrected chi connectivity index (χ2v) is 5.39. The van der Waals surface area contributed by atoms with Crippen LogP contribution in [0.15, 0.2) is 0 Å². The third-order valence-corrected chi connectivity index (χ3v) is 3.13. The zero-order valence-corrected chi connectivity index (χ0v) is 12.7. The highest BCUT2D eigenvalue weighted by molar-refractivity contribution is 5.81. The highest BCUT2D eigenvalue weighted by atomic mass is 16.5. The molecule has 2 rings (SSSR count). The maximum Gasteiger partial charge on any atom is 0.323 e. The summed E-state index contributed by atoms with van der Waals surface area (Å²) in [5, 5.41) is 0. The number of likely N-dealkylation sites (N-methyl/N-ethyl adjacent to an activating group) is 1. The number of nitrogen functional groups attached to an aromatic ring is 1. The SMILES string of the molecule is CC(C)Oc1nc(N)nc(N(C)CC(=O)N2CCCC2)n1. The van der Waals surface area contributed by atoms with Crippen LogP contribution in [-0.4, -0.2) is 58.5 Å². The van der Waals surface area contributed by atoms with Gasteiger partial charge in [-0.1, -0.05) is 0 Å². The number of carbonyl (C=O) groups is 1. The number of ether oxygens (including phenoxy) is 1. The summed E-state index contributed by atoms with van der Waals surface area (Å²) >= 11 is 0. The fourth-order valence-corrected chi connectivity index (χ4v) is 2.14. The highest BCUT2D eigenvalue weighted by Crippen LogP contribution is 2.14. The Morgan fingerprint density at radius 2 is 2.00 bits per heavy atom. The molecule has 0 atom stereocenters. The molecule has 2 heterocycles. The van der Waals surface area contributed by atoms with E-state index in [2.05, 4.69) is 15.0 Å². The van der Waals surface area contributed by atoms with Crippen molar-refractivity contribution < 1.29 is 9.53 Å². The van der Waals surface area contributed by atoms with Crippen LogP contribution in [0.1, 0.15) is 26.7 Å². The van der Waals surface area contributed by atoms with Gasteiger partial charge in [0, 0.05) is 20.1 Å². The van der Waals surface area contributed by atoms with Crippen LogP contribution in [-0.2, 0) is 4.79 Å². The minimum atomic E-state index is -0.0591. The third-order valence-electron chi connectivity index (χ3n) is 3.13. The van der Waals surface area contributed by atoms with E-state index < -0.39 is 0 Å². The largest absolute Gasteiger partial charge is 0.461 e. The van der Waals surface area contributed by atoms with Crippen molar-refractivity contribution in [3.05, 3.63) is 0 Å². The van der Waals surface area contributed by atoms with Gasteiger partial charge in [-0.2, -0.15) is 15.0 Å². The Kier molecular flexibility index (Phi) is 4.77. The number of amides is 1. The zero-order valence-electron chi connectivity index (χ0n) is 12.7. The van der Waals surface area contributed by atoms with Crippen molar-refractivity contribution in [3.63, 3.8) is 0 Å². The quantitative estimate of drug-likeness (QED) is 0.834. The molecule has 1 saturated heterocycles. The van der Waals surface area contributed by atoms with E-state index in [4.69, 9.17) is 10.5 Å². The van der Waals surface area contributed by atoms with Crippen molar-refractivity contribution in [2.24, 2.45) is 0 Å². The summed E-state index contributed by atoms with van der Waals surface area (Å²) < 4.78 is 5.43. The smallest absolute Gasteiger partial charge is 0.323 e. The van der Waals surface area contributed by atoms with Gasteiger partial charge >= 0.3 is 6.01 Å². The number of likely N-dealkylation sites (tertiary alicyclic amines) is 1.